The third-order valence-electron chi connectivity index (χ3n) is 6.12. The third kappa shape index (κ3) is 4.73. The molecule has 8 nitrogen and oxygen atoms in total. The van der Waals surface area contributed by atoms with E-state index in [-0.39, 0.29) is 24.2 Å². The number of carbonyl (C=O) groups is 2. The first-order valence-corrected chi connectivity index (χ1v) is 11.9. The van der Waals surface area contributed by atoms with Gasteiger partial charge in [0, 0.05) is 57.1 Å². The number of carbonyl (C=O) groups excluding carboxylic acids is 2. The predicted octanol–water partition coefficient (Wildman–Crippen LogP) is 2.42. The van der Waals surface area contributed by atoms with E-state index in [9.17, 15) is 9.59 Å². The van der Waals surface area contributed by atoms with Crippen LogP contribution in [0.2, 0.25) is 0 Å². The van der Waals surface area contributed by atoms with Crippen LogP contribution in [0.1, 0.15) is 24.0 Å². The molecule has 2 aromatic rings. The minimum absolute atomic E-state index is 0.0595. The first-order valence-electron chi connectivity index (χ1n) is 11.0. The molecule has 1 unspecified atom stereocenters. The maximum absolute atomic E-state index is 13.2. The van der Waals surface area contributed by atoms with E-state index in [4.69, 9.17) is 9.47 Å². The lowest BCUT2D eigenvalue weighted by Crippen LogP contribution is -2.50. The Kier molecular flexibility index (Phi) is 6.95. The van der Waals surface area contributed by atoms with Crippen molar-refractivity contribution in [2.45, 2.75) is 26.3 Å². The Morgan fingerprint density at radius 1 is 1.19 bits per heavy atom. The van der Waals surface area contributed by atoms with Crippen LogP contribution in [0.3, 0.4) is 0 Å². The molecule has 2 aliphatic heterocycles. The highest BCUT2D eigenvalue weighted by molar-refractivity contribution is 7.09. The van der Waals surface area contributed by atoms with E-state index in [0.29, 0.717) is 36.8 Å². The molecule has 0 spiro atoms. The average Bonchev–Trinajstić information content (AvgIpc) is 3.44. The molecule has 4 rings (SSSR count). The quantitative estimate of drug-likeness (QED) is 0.634. The lowest BCUT2D eigenvalue weighted by Gasteiger charge is -2.35. The molecule has 1 atom stereocenters. The number of piperazine rings is 1. The monoisotopic (exact) mass is 458 g/mol. The van der Waals surface area contributed by atoms with Crippen molar-refractivity contribution < 1.29 is 19.1 Å². The minimum atomic E-state index is -0.337. The Morgan fingerprint density at radius 3 is 2.62 bits per heavy atom. The van der Waals surface area contributed by atoms with E-state index < -0.39 is 0 Å². The van der Waals surface area contributed by atoms with Crippen molar-refractivity contribution in [2.24, 2.45) is 5.92 Å². The minimum Gasteiger partial charge on any atom is -0.497 e. The first kappa shape index (κ1) is 22.5. The summed E-state index contributed by atoms with van der Waals surface area (Å²) in [6.45, 7) is 6.29. The Morgan fingerprint density at radius 2 is 1.97 bits per heavy atom. The molecule has 2 fully saturated rings. The van der Waals surface area contributed by atoms with Crippen LogP contribution >= 0.6 is 11.3 Å². The molecule has 2 saturated heterocycles. The van der Waals surface area contributed by atoms with E-state index >= 15 is 0 Å². The van der Waals surface area contributed by atoms with Gasteiger partial charge in [0.25, 0.3) is 0 Å². The number of hydrogen-bond donors (Lipinski definition) is 0. The van der Waals surface area contributed by atoms with E-state index in [1.54, 1.807) is 48.7 Å². The molecule has 2 aliphatic rings. The van der Waals surface area contributed by atoms with Crippen LogP contribution in [-0.4, -0.2) is 73.5 Å². The fourth-order valence-corrected chi connectivity index (χ4v) is 5.05. The SMILES string of the molecule is CCc1nc(CN2CCN(C(=O)C3CC(=O)N(c4cc(OC)ccc4OC)C3)CC2)cs1. The number of rotatable bonds is 7. The van der Waals surface area contributed by atoms with Crippen molar-refractivity contribution in [3.63, 3.8) is 0 Å². The summed E-state index contributed by atoms with van der Waals surface area (Å²) in [5.74, 6) is 0.892. The Hall–Kier alpha value is -2.65. The van der Waals surface area contributed by atoms with Crippen LogP contribution in [0, 0.1) is 5.92 Å². The third-order valence-corrected chi connectivity index (χ3v) is 7.16. The summed E-state index contributed by atoms with van der Waals surface area (Å²) in [5, 5.41) is 3.29. The summed E-state index contributed by atoms with van der Waals surface area (Å²) in [6, 6.07) is 5.35. The Labute approximate surface area is 192 Å². The van der Waals surface area contributed by atoms with Gasteiger partial charge >= 0.3 is 0 Å². The molecule has 172 valence electrons. The first-order chi connectivity index (χ1) is 15.5. The largest absolute Gasteiger partial charge is 0.497 e. The maximum atomic E-state index is 13.2. The number of thiazole rings is 1. The maximum Gasteiger partial charge on any atom is 0.228 e. The molecule has 1 aromatic carbocycles. The zero-order chi connectivity index (χ0) is 22.7. The lowest BCUT2D eigenvalue weighted by atomic mass is 10.1. The number of amides is 2. The summed E-state index contributed by atoms with van der Waals surface area (Å²) in [4.78, 5) is 36.5. The molecule has 1 aromatic heterocycles. The van der Waals surface area contributed by atoms with Crippen LogP contribution in [0.5, 0.6) is 11.5 Å². The van der Waals surface area contributed by atoms with Crippen LogP contribution in [0.25, 0.3) is 0 Å². The van der Waals surface area contributed by atoms with E-state index in [2.05, 4.69) is 22.2 Å². The number of nitrogens with zero attached hydrogens (tertiary/aromatic N) is 4. The molecule has 2 amide bonds. The van der Waals surface area contributed by atoms with Gasteiger partial charge in [-0.1, -0.05) is 6.92 Å². The molecule has 32 heavy (non-hydrogen) atoms. The molecule has 0 aliphatic carbocycles. The van der Waals surface area contributed by atoms with Crippen LogP contribution in [-0.2, 0) is 22.6 Å². The molecular formula is C23H30N4O4S. The summed E-state index contributed by atoms with van der Waals surface area (Å²) in [7, 11) is 3.16. The average molecular weight is 459 g/mol. The fraction of sp³-hybridized carbons (Fsp3) is 0.522. The fourth-order valence-electron chi connectivity index (χ4n) is 4.31. The second-order valence-corrected chi connectivity index (χ2v) is 9.07. The van der Waals surface area contributed by atoms with Crippen molar-refractivity contribution in [3.8, 4) is 11.5 Å². The topological polar surface area (TPSA) is 75.2 Å². The van der Waals surface area contributed by atoms with Crippen molar-refractivity contribution in [2.75, 3.05) is 51.8 Å². The van der Waals surface area contributed by atoms with Crippen LogP contribution in [0.15, 0.2) is 23.6 Å². The summed E-state index contributed by atoms with van der Waals surface area (Å²) in [5.41, 5.74) is 1.75. The van der Waals surface area contributed by atoms with Crippen molar-refractivity contribution >= 4 is 28.8 Å². The molecule has 0 radical (unpaired) electrons. The highest BCUT2D eigenvalue weighted by Gasteiger charge is 2.39. The second-order valence-electron chi connectivity index (χ2n) is 8.13. The van der Waals surface area contributed by atoms with Crippen LogP contribution < -0.4 is 14.4 Å². The van der Waals surface area contributed by atoms with Crippen molar-refractivity contribution in [1.82, 2.24) is 14.8 Å². The van der Waals surface area contributed by atoms with Gasteiger partial charge in [-0.3, -0.25) is 14.5 Å². The number of aryl methyl sites for hydroxylation is 1. The number of benzene rings is 1. The molecule has 9 heteroatoms. The molecule has 3 heterocycles. The number of methoxy groups -OCH3 is 2. The highest BCUT2D eigenvalue weighted by atomic mass is 32.1. The number of aromatic nitrogens is 1. The van der Waals surface area contributed by atoms with Gasteiger partial charge in [-0.05, 0) is 18.6 Å². The van der Waals surface area contributed by atoms with Gasteiger partial charge in [-0.25, -0.2) is 4.98 Å². The van der Waals surface area contributed by atoms with Gasteiger partial charge in [0.2, 0.25) is 11.8 Å². The van der Waals surface area contributed by atoms with Gasteiger partial charge in [-0.2, -0.15) is 0 Å². The van der Waals surface area contributed by atoms with Crippen molar-refractivity contribution in [3.05, 3.63) is 34.3 Å². The highest BCUT2D eigenvalue weighted by Crippen LogP contribution is 2.36. The summed E-state index contributed by atoms with van der Waals surface area (Å²) in [6.07, 6.45) is 1.18. The van der Waals surface area contributed by atoms with Gasteiger partial charge in [-0.15, -0.1) is 11.3 Å². The summed E-state index contributed by atoms with van der Waals surface area (Å²) >= 11 is 1.71. The predicted molar refractivity (Wildman–Crippen MR) is 123 cm³/mol. The van der Waals surface area contributed by atoms with Gasteiger partial charge in [0.1, 0.15) is 11.5 Å². The zero-order valence-electron chi connectivity index (χ0n) is 18.9. The van der Waals surface area contributed by atoms with Crippen molar-refractivity contribution in [1.29, 1.82) is 0 Å². The standard InChI is InChI=1S/C23H30N4O4S/c1-4-21-24-17(15-32-21)14-25-7-9-26(10-8-25)23(29)16-11-22(28)27(13-16)19-12-18(30-2)5-6-20(19)31-3/h5-6,12,15-16H,4,7-11,13-14H2,1-3H3. The van der Waals surface area contributed by atoms with Crippen LogP contribution in [0.4, 0.5) is 5.69 Å². The lowest BCUT2D eigenvalue weighted by molar-refractivity contribution is -0.137. The van der Waals surface area contributed by atoms with E-state index in [1.165, 1.54) is 0 Å². The zero-order valence-corrected chi connectivity index (χ0v) is 19.7. The smallest absolute Gasteiger partial charge is 0.228 e. The molecular weight excluding hydrogens is 428 g/mol. The Bertz CT molecular complexity index is 971. The molecule has 0 N–H and O–H groups in total. The van der Waals surface area contributed by atoms with E-state index in [0.717, 1.165) is 36.8 Å². The second kappa shape index (κ2) is 9.87. The number of hydrogen-bond acceptors (Lipinski definition) is 7. The van der Waals surface area contributed by atoms with Gasteiger partial charge in [0.15, 0.2) is 0 Å². The molecule has 0 bridgehead atoms. The Balaban J connectivity index is 1.35. The number of ether oxygens (including phenoxy) is 2. The van der Waals surface area contributed by atoms with Gasteiger partial charge in [0.05, 0.1) is 36.5 Å². The normalized spacial score (nSPS) is 19.5. The van der Waals surface area contributed by atoms with Gasteiger partial charge < -0.3 is 19.3 Å². The van der Waals surface area contributed by atoms with E-state index in [1.807, 2.05) is 4.90 Å². The number of anilines is 1. The molecule has 0 saturated carbocycles. The summed E-state index contributed by atoms with van der Waals surface area (Å²) < 4.78 is 10.7.